The Labute approximate surface area is 172 Å². The van der Waals surface area contributed by atoms with Gasteiger partial charge in [-0.2, -0.15) is 0 Å². The van der Waals surface area contributed by atoms with Crippen LogP contribution in [-0.2, 0) is 0 Å². The number of hydrogen-bond acceptors (Lipinski definition) is 6. The predicted molar refractivity (Wildman–Crippen MR) is 110 cm³/mol. The topological polar surface area (TPSA) is 94.3 Å². The molecule has 1 heterocycles. The van der Waals surface area contributed by atoms with Crippen molar-refractivity contribution in [2.75, 3.05) is 11.9 Å². The number of amides is 1. The number of benzene rings is 3. The zero-order chi connectivity index (χ0) is 20.8. The number of hydrogen-bond donors (Lipinski definition) is 1. The van der Waals surface area contributed by atoms with E-state index >= 15 is 0 Å². The van der Waals surface area contributed by atoms with Crippen LogP contribution < -0.4 is 10.1 Å². The molecule has 0 aliphatic heterocycles. The van der Waals surface area contributed by atoms with E-state index in [4.69, 9.17) is 9.15 Å². The Kier molecular flexibility index (Phi) is 5.61. The van der Waals surface area contributed by atoms with Gasteiger partial charge in [-0.15, -0.1) is 10.2 Å². The van der Waals surface area contributed by atoms with Crippen LogP contribution in [0.2, 0.25) is 0 Å². The molecule has 7 nitrogen and oxygen atoms in total. The van der Waals surface area contributed by atoms with Crippen molar-refractivity contribution in [2.24, 2.45) is 0 Å². The van der Waals surface area contributed by atoms with Gasteiger partial charge in [0.1, 0.15) is 5.75 Å². The van der Waals surface area contributed by atoms with Gasteiger partial charge in [0.2, 0.25) is 12.3 Å². The van der Waals surface area contributed by atoms with Gasteiger partial charge in [0, 0.05) is 22.4 Å². The Morgan fingerprint density at radius 2 is 1.60 bits per heavy atom. The van der Waals surface area contributed by atoms with Crippen molar-refractivity contribution >= 4 is 17.4 Å². The average molecular weight is 399 g/mol. The van der Waals surface area contributed by atoms with E-state index in [2.05, 4.69) is 15.5 Å². The van der Waals surface area contributed by atoms with Gasteiger partial charge in [0.05, 0.1) is 0 Å². The molecule has 0 atom stereocenters. The summed E-state index contributed by atoms with van der Waals surface area (Å²) in [5.41, 5.74) is 2.43. The largest absolute Gasteiger partial charge is 0.485 e. The second-order valence-corrected chi connectivity index (χ2v) is 6.38. The molecular weight excluding hydrogens is 382 g/mol. The minimum absolute atomic E-state index is 0.102. The first kappa shape index (κ1) is 19.1. The number of carbonyl (C=O) groups is 2. The average Bonchev–Trinajstić information content (AvgIpc) is 3.34. The summed E-state index contributed by atoms with van der Waals surface area (Å²) < 4.78 is 10.7. The quantitative estimate of drug-likeness (QED) is 0.467. The Hall–Kier alpha value is -4.26. The SMILES string of the molecule is O=C(COc1ccc(-c2nnco2)cc1)c1ccc(NC(=O)c2ccccc2)cc1. The van der Waals surface area contributed by atoms with E-state index in [-0.39, 0.29) is 18.3 Å². The maximum Gasteiger partial charge on any atom is 0.255 e. The zero-order valence-electron chi connectivity index (χ0n) is 15.8. The molecule has 30 heavy (non-hydrogen) atoms. The molecule has 0 bridgehead atoms. The van der Waals surface area contributed by atoms with E-state index in [1.54, 1.807) is 72.8 Å². The normalized spacial score (nSPS) is 10.4. The first-order chi connectivity index (χ1) is 14.7. The number of ketones is 1. The third-order valence-corrected chi connectivity index (χ3v) is 4.33. The van der Waals surface area contributed by atoms with Gasteiger partial charge in [-0.25, -0.2) is 0 Å². The summed E-state index contributed by atoms with van der Waals surface area (Å²) in [5.74, 6) is 0.592. The molecule has 1 amide bonds. The molecule has 148 valence electrons. The predicted octanol–water partition coefficient (Wildman–Crippen LogP) is 4.25. The molecule has 7 heteroatoms. The van der Waals surface area contributed by atoms with Crippen molar-refractivity contribution in [3.8, 4) is 17.2 Å². The molecule has 0 aliphatic carbocycles. The number of aromatic nitrogens is 2. The van der Waals surface area contributed by atoms with Crippen molar-refractivity contribution < 1.29 is 18.7 Å². The third kappa shape index (κ3) is 4.59. The molecule has 3 aromatic carbocycles. The standard InChI is InChI=1S/C23H17N3O4/c27-21(14-29-20-12-8-18(9-13-20)23-26-24-15-30-23)16-6-10-19(11-7-16)25-22(28)17-4-2-1-3-5-17/h1-13,15H,14H2,(H,25,28). The summed E-state index contributed by atoms with van der Waals surface area (Å²) in [6, 6.07) is 22.6. The van der Waals surface area contributed by atoms with Crippen LogP contribution in [0.3, 0.4) is 0 Å². The number of nitrogens with one attached hydrogen (secondary N) is 1. The first-order valence-electron chi connectivity index (χ1n) is 9.18. The second kappa shape index (κ2) is 8.83. The molecule has 4 aromatic rings. The highest BCUT2D eigenvalue weighted by atomic mass is 16.5. The number of anilines is 1. The van der Waals surface area contributed by atoms with Gasteiger partial charge in [0.25, 0.3) is 5.91 Å². The van der Waals surface area contributed by atoms with Crippen LogP contribution in [0.1, 0.15) is 20.7 Å². The lowest BCUT2D eigenvalue weighted by molar-refractivity contribution is 0.0921. The van der Waals surface area contributed by atoms with Gasteiger partial charge in [-0.3, -0.25) is 9.59 Å². The van der Waals surface area contributed by atoms with Gasteiger partial charge in [0.15, 0.2) is 12.4 Å². The molecule has 0 saturated carbocycles. The molecule has 0 spiro atoms. The first-order valence-corrected chi connectivity index (χ1v) is 9.18. The molecular formula is C23H17N3O4. The second-order valence-electron chi connectivity index (χ2n) is 6.38. The Morgan fingerprint density at radius 1 is 0.867 bits per heavy atom. The number of ether oxygens (including phenoxy) is 1. The minimum atomic E-state index is -0.206. The van der Waals surface area contributed by atoms with E-state index < -0.39 is 0 Å². The van der Waals surface area contributed by atoms with Gasteiger partial charge in [-0.1, -0.05) is 18.2 Å². The Morgan fingerprint density at radius 3 is 2.27 bits per heavy atom. The van der Waals surface area contributed by atoms with E-state index in [9.17, 15) is 9.59 Å². The highest BCUT2D eigenvalue weighted by molar-refractivity contribution is 6.04. The fourth-order valence-electron chi connectivity index (χ4n) is 2.76. The lowest BCUT2D eigenvalue weighted by Gasteiger charge is -2.08. The summed E-state index contributed by atoms with van der Waals surface area (Å²) in [5, 5.41) is 10.3. The summed E-state index contributed by atoms with van der Waals surface area (Å²) in [7, 11) is 0. The zero-order valence-corrected chi connectivity index (χ0v) is 15.8. The van der Waals surface area contributed by atoms with E-state index in [0.29, 0.717) is 28.5 Å². The molecule has 1 N–H and O–H groups in total. The lowest BCUT2D eigenvalue weighted by atomic mass is 10.1. The number of rotatable bonds is 7. The van der Waals surface area contributed by atoms with Crippen LogP contribution in [0.5, 0.6) is 5.75 Å². The fraction of sp³-hybridized carbons (Fsp3) is 0.0435. The Bertz CT molecular complexity index is 1120. The van der Waals surface area contributed by atoms with Crippen LogP contribution >= 0.6 is 0 Å². The van der Waals surface area contributed by atoms with Crippen LogP contribution in [0.15, 0.2) is 89.7 Å². The van der Waals surface area contributed by atoms with Crippen LogP contribution in [-0.4, -0.2) is 28.5 Å². The molecule has 0 fully saturated rings. The van der Waals surface area contributed by atoms with Gasteiger partial charge >= 0.3 is 0 Å². The number of nitrogens with zero attached hydrogens (tertiary/aromatic N) is 2. The van der Waals surface area contributed by atoms with Crippen LogP contribution in [0.4, 0.5) is 5.69 Å². The van der Waals surface area contributed by atoms with E-state index in [0.717, 1.165) is 5.56 Å². The molecule has 1 aromatic heterocycles. The summed E-state index contributed by atoms with van der Waals surface area (Å²) in [4.78, 5) is 24.6. The van der Waals surface area contributed by atoms with Gasteiger partial charge < -0.3 is 14.5 Å². The van der Waals surface area contributed by atoms with E-state index in [1.165, 1.54) is 6.39 Å². The van der Waals surface area contributed by atoms with Crippen molar-refractivity contribution in [2.45, 2.75) is 0 Å². The lowest BCUT2D eigenvalue weighted by Crippen LogP contribution is -2.13. The molecule has 0 radical (unpaired) electrons. The summed E-state index contributed by atoms with van der Waals surface area (Å²) >= 11 is 0. The van der Waals surface area contributed by atoms with Crippen LogP contribution in [0.25, 0.3) is 11.5 Å². The molecule has 4 rings (SSSR count). The number of carbonyl (C=O) groups excluding carboxylic acids is 2. The van der Waals surface area contributed by atoms with Gasteiger partial charge in [-0.05, 0) is 60.7 Å². The molecule has 0 saturated heterocycles. The molecule has 0 aliphatic rings. The minimum Gasteiger partial charge on any atom is -0.485 e. The Balaban J connectivity index is 1.32. The third-order valence-electron chi connectivity index (χ3n) is 4.33. The highest BCUT2D eigenvalue weighted by Gasteiger charge is 2.10. The smallest absolute Gasteiger partial charge is 0.255 e. The highest BCUT2D eigenvalue weighted by Crippen LogP contribution is 2.20. The fourth-order valence-corrected chi connectivity index (χ4v) is 2.76. The van der Waals surface area contributed by atoms with Crippen molar-refractivity contribution in [3.05, 3.63) is 96.4 Å². The van der Waals surface area contributed by atoms with E-state index in [1.807, 2.05) is 6.07 Å². The summed E-state index contributed by atoms with van der Waals surface area (Å²) in [6.07, 6.45) is 1.26. The van der Waals surface area contributed by atoms with Crippen molar-refractivity contribution in [1.82, 2.24) is 10.2 Å². The summed E-state index contributed by atoms with van der Waals surface area (Å²) in [6.45, 7) is -0.102. The van der Waals surface area contributed by atoms with Crippen molar-refractivity contribution in [3.63, 3.8) is 0 Å². The monoisotopic (exact) mass is 399 g/mol. The maximum absolute atomic E-state index is 12.4. The van der Waals surface area contributed by atoms with Crippen molar-refractivity contribution in [1.29, 1.82) is 0 Å². The number of Topliss-reactive ketones (excluding diaryl/α,β-unsaturated/α-hetero) is 1. The van der Waals surface area contributed by atoms with Crippen LogP contribution in [0, 0.1) is 0 Å². The maximum atomic E-state index is 12.4. The molecule has 0 unspecified atom stereocenters.